The zero-order chi connectivity index (χ0) is 62.6. The van der Waals surface area contributed by atoms with Crippen molar-refractivity contribution in [3.63, 3.8) is 0 Å². The van der Waals surface area contributed by atoms with Gasteiger partial charge in [0, 0.05) is 98.3 Å². The van der Waals surface area contributed by atoms with E-state index < -0.39 is 0 Å². The number of unbranched alkanes of at least 4 members (excludes halogenated alkanes) is 10. The predicted octanol–water partition coefficient (Wildman–Crippen LogP) is -5.05. The van der Waals surface area contributed by atoms with E-state index in [9.17, 15) is 0 Å². The Hall–Kier alpha value is -1.04. The molecule has 0 saturated carbocycles. The topological polar surface area (TPSA) is 538 Å². The van der Waals surface area contributed by atoms with Gasteiger partial charge in [-0.1, -0.05) is 19.3 Å². The number of nitrogens with zero attached hydrogens (tertiary/aromatic N) is 1. The van der Waals surface area contributed by atoms with Crippen molar-refractivity contribution in [1.29, 1.82) is 0 Å². The molecule has 0 saturated heterocycles. The number of nitrogens with one attached hydrogen (secondary N) is 7. The molecule has 26 nitrogen and oxygen atoms in total. The fraction of sp³-hybridized carbons (Fsp3) is 1.00. The SMILES string of the molecule is CNCCCN.CNCCCNC.NCCCCCNCCCCCN.NCCCCCNCCN.NCCCCCO.NCCCN.NCCCNCCN.NCCN.NCCN(CCN)CCN.OCCCCCNCCO. The Morgan fingerprint density at radius 1 is 0.212 bits per heavy atom. The fourth-order valence-corrected chi connectivity index (χ4v) is 5.42. The quantitative estimate of drug-likeness (QED) is 0.0254. The van der Waals surface area contributed by atoms with Crippen molar-refractivity contribution >= 4 is 0 Å². The van der Waals surface area contributed by atoms with Gasteiger partial charge in [-0.15, -0.1) is 0 Å². The molecule has 0 aliphatic rings. The molecule has 500 valence electrons. The zero-order valence-corrected chi connectivity index (χ0v) is 53.0. The second-order valence-electron chi connectivity index (χ2n) is 17.9. The Morgan fingerprint density at radius 3 is 0.713 bits per heavy atom. The zero-order valence-electron chi connectivity index (χ0n) is 53.0. The molecule has 0 aliphatic carbocycles. The molecule has 0 rings (SSSR count). The van der Waals surface area contributed by atoms with Gasteiger partial charge in [-0.2, -0.15) is 0 Å². The lowest BCUT2D eigenvalue weighted by atomic mass is 10.2. The van der Waals surface area contributed by atoms with E-state index in [4.69, 9.17) is 101 Å². The Morgan fingerprint density at radius 2 is 0.475 bits per heavy atom. The Balaban J connectivity index is -0.0000000863. The minimum Gasteiger partial charge on any atom is -0.396 e. The average molecular weight is 1170 g/mol. The van der Waals surface area contributed by atoms with Gasteiger partial charge >= 0.3 is 0 Å². The molecule has 0 bridgehead atoms. The monoisotopic (exact) mass is 1170 g/mol. The molecule has 0 aromatic heterocycles. The summed E-state index contributed by atoms with van der Waals surface area (Å²) >= 11 is 0. The third kappa shape index (κ3) is 171. The fourth-order valence-electron chi connectivity index (χ4n) is 5.42. The Bertz CT molecular complexity index is 721. The highest BCUT2D eigenvalue weighted by atomic mass is 16.3. The van der Waals surface area contributed by atoms with Crippen LogP contribution in [0.4, 0.5) is 0 Å². The molecule has 0 heterocycles. The summed E-state index contributed by atoms with van der Waals surface area (Å²) in [4.78, 5) is 2.17. The van der Waals surface area contributed by atoms with E-state index in [-0.39, 0.29) is 6.61 Å². The lowest BCUT2D eigenvalue weighted by Crippen LogP contribution is -2.37. The van der Waals surface area contributed by atoms with Crippen LogP contribution >= 0.6 is 0 Å². The summed E-state index contributed by atoms with van der Waals surface area (Å²) in [5.74, 6) is 0. The highest BCUT2D eigenvalue weighted by molar-refractivity contribution is 4.58. The van der Waals surface area contributed by atoms with Crippen molar-refractivity contribution in [2.24, 2.45) is 86.0 Å². The van der Waals surface area contributed by atoms with E-state index in [0.29, 0.717) is 59.0 Å². The summed E-state index contributed by atoms with van der Waals surface area (Å²) in [6, 6.07) is 0. The van der Waals surface area contributed by atoms with E-state index in [2.05, 4.69) is 42.1 Å². The lowest BCUT2D eigenvalue weighted by molar-refractivity contribution is 0.279. The van der Waals surface area contributed by atoms with Crippen LogP contribution in [0.5, 0.6) is 0 Å². The summed E-state index contributed by atoms with van der Waals surface area (Å²) in [5, 5.41) is 47.0. The van der Waals surface area contributed by atoms with Crippen LogP contribution in [0.3, 0.4) is 0 Å². The van der Waals surface area contributed by atoms with Gasteiger partial charge in [0.25, 0.3) is 0 Å². The first-order valence-corrected chi connectivity index (χ1v) is 30.9. The Kier molecular flexibility index (Phi) is 162. The van der Waals surface area contributed by atoms with Crippen molar-refractivity contribution in [3.8, 4) is 0 Å². The lowest BCUT2D eigenvalue weighted by Gasteiger charge is -2.18. The Labute approximate surface area is 494 Å². The standard InChI is InChI=1S/C10H25N3.C7H19N3.C7H17NO2.C6H18N4.C5H15N3.C5H14N2.C5H13NO.C4H12N2.C3H10N2.C2H8N2/c11-7-3-1-5-9-13-10-6-2-4-8-12;8-4-2-1-3-6-10-7-5-9;9-6-3-1-2-4-8-5-7-10;7-1-4-10(5-2-8)6-3-9;6-2-1-4-8-5-3-7;1-6-4-3-5-7-2;6-4-2-1-3-5-7;1-6-4-2-3-5;4-2-1-3-5;3-1-2-4/h13H,1-12H2;10H,1-9H2;8-10H,1-7H2;1-9H2;8H,1-7H2;6-7H,3-5H2,1-2H3;7H,1-6H2;6H,2-5H2,1H3;1-5H2;1-4H2. The molecule has 0 radical (unpaired) electrons. The normalized spacial score (nSPS) is 9.82. The van der Waals surface area contributed by atoms with Gasteiger partial charge in [0.1, 0.15) is 0 Å². The van der Waals surface area contributed by atoms with Crippen LogP contribution in [0.15, 0.2) is 0 Å². The minimum absolute atomic E-state index is 0.208. The number of aliphatic hydroxyl groups is 3. The van der Waals surface area contributed by atoms with Gasteiger partial charge in [-0.3, -0.25) is 4.90 Å². The highest BCUT2D eigenvalue weighted by Gasteiger charge is 1.99. The maximum atomic E-state index is 8.41. The molecule has 0 unspecified atom stereocenters. The van der Waals surface area contributed by atoms with Crippen LogP contribution < -0.4 is 123 Å². The van der Waals surface area contributed by atoms with Gasteiger partial charge in [0.05, 0.1) is 6.61 Å². The van der Waals surface area contributed by atoms with Gasteiger partial charge in [0.2, 0.25) is 0 Å². The first-order valence-electron chi connectivity index (χ1n) is 30.9. The molecule has 0 aliphatic heterocycles. The second-order valence-corrected chi connectivity index (χ2v) is 17.9. The largest absolute Gasteiger partial charge is 0.396 e. The summed E-state index contributed by atoms with van der Waals surface area (Å²) in [6.45, 7) is 25.5. The molecule has 0 amide bonds. The highest BCUT2D eigenvalue weighted by Crippen LogP contribution is 1.94. The number of aliphatic hydroxyl groups excluding tert-OH is 3. The van der Waals surface area contributed by atoms with Crippen LogP contribution in [0.2, 0.25) is 0 Å². The smallest absolute Gasteiger partial charge is 0.0555 e. The van der Waals surface area contributed by atoms with E-state index >= 15 is 0 Å². The molecule has 0 aromatic rings. The summed E-state index contributed by atoms with van der Waals surface area (Å²) < 4.78 is 0. The van der Waals surface area contributed by atoms with Crippen molar-refractivity contribution in [3.05, 3.63) is 0 Å². The van der Waals surface area contributed by atoms with Crippen molar-refractivity contribution in [2.45, 2.75) is 122 Å². The summed E-state index contributed by atoms with van der Waals surface area (Å²) in [7, 11) is 5.86. The van der Waals surface area contributed by atoms with Gasteiger partial charge in [-0.05, 0) is 229 Å². The van der Waals surface area contributed by atoms with E-state index in [1.807, 2.05) is 21.1 Å². The van der Waals surface area contributed by atoms with Gasteiger partial charge < -0.3 is 139 Å². The molecule has 0 atom stereocenters. The summed E-state index contributed by atoms with van der Waals surface area (Å²) in [6.07, 6.45) is 21.3. The second kappa shape index (κ2) is 128. The molecular weight excluding hydrogens is 1020 g/mol. The molecule has 40 N–H and O–H groups in total. The van der Waals surface area contributed by atoms with Crippen LogP contribution in [-0.2, 0) is 0 Å². The third-order valence-electron chi connectivity index (χ3n) is 9.93. The molecule has 0 aromatic carbocycles. The molecular formula is C54H151N23O3. The summed E-state index contributed by atoms with van der Waals surface area (Å²) in [5.41, 5.74) is 78.2. The van der Waals surface area contributed by atoms with E-state index in [1.165, 1.54) is 44.9 Å². The number of hydrogen-bond acceptors (Lipinski definition) is 26. The predicted molar refractivity (Wildman–Crippen MR) is 354 cm³/mol. The van der Waals surface area contributed by atoms with Crippen molar-refractivity contribution < 1.29 is 15.3 Å². The number of nitrogens with two attached hydrogens (primary N) is 15. The third-order valence-corrected chi connectivity index (χ3v) is 9.93. The maximum absolute atomic E-state index is 8.41. The molecule has 0 fully saturated rings. The van der Waals surface area contributed by atoms with E-state index in [0.717, 1.165) is 221 Å². The van der Waals surface area contributed by atoms with Crippen molar-refractivity contribution in [1.82, 2.24) is 42.1 Å². The number of rotatable bonds is 49. The molecule has 80 heavy (non-hydrogen) atoms. The average Bonchev–Trinajstić information content (AvgIpc) is 3.47. The molecule has 0 spiro atoms. The first-order chi connectivity index (χ1) is 39.1. The minimum atomic E-state index is 0.208. The van der Waals surface area contributed by atoms with Crippen LogP contribution in [0, 0.1) is 0 Å². The van der Waals surface area contributed by atoms with E-state index in [1.54, 1.807) is 0 Å². The van der Waals surface area contributed by atoms with Crippen LogP contribution in [-0.4, -0.2) is 251 Å². The van der Waals surface area contributed by atoms with Crippen LogP contribution in [0.25, 0.3) is 0 Å². The van der Waals surface area contributed by atoms with Gasteiger partial charge in [0.15, 0.2) is 0 Å². The molecule has 26 heteroatoms. The van der Waals surface area contributed by atoms with Crippen molar-refractivity contribution in [2.75, 3.05) is 231 Å². The van der Waals surface area contributed by atoms with Crippen LogP contribution in [0.1, 0.15) is 122 Å². The number of hydrogen-bond donors (Lipinski definition) is 25. The first kappa shape index (κ1) is 101. The maximum Gasteiger partial charge on any atom is 0.0555 e. The van der Waals surface area contributed by atoms with Gasteiger partial charge in [-0.25, -0.2) is 0 Å².